The maximum atomic E-state index is 12.3. The van der Waals surface area contributed by atoms with Gasteiger partial charge < -0.3 is 50.8 Å². The Morgan fingerprint density at radius 2 is 1.69 bits per heavy atom. The second-order valence-corrected chi connectivity index (χ2v) is 22.2. The summed E-state index contributed by atoms with van der Waals surface area (Å²) in [6.07, 6.45) is 14.6. The quantitative estimate of drug-likeness (QED) is 0.125. The van der Waals surface area contributed by atoms with E-state index in [9.17, 15) is 25.5 Å². The molecule has 13 rings (SSSR count). The van der Waals surface area contributed by atoms with Crippen LogP contribution in [-0.4, -0.2) is 76.1 Å². The van der Waals surface area contributed by atoms with Gasteiger partial charge in [-0.15, -0.1) is 0 Å². The topological polar surface area (TPSA) is 179 Å². The Bertz CT molecular complexity index is 2360. The van der Waals surface area contributed by atoms with Gasteiger partial charge in [0.1, 0.15) is 29.5 Å². The van der Waals surface area contributed by atoms with Crippen LogP contribution in [0, 0.1) is 46.8 Å². The molecule has 0 aromatic heterocycles. The molecule has 1 spiro atoms. The van der Waals surface area contributed by atoms with Gasteiger partial charge in [0.05, 0.1) is 25.4 Å². The van der Waals surface area contributed by atoms with E-state index < -0.39 is 18.3 Å². The maximum absolute atomic E-state index is 12.3. The first-order valence-electron chi connectivity index (χ1n) is 25.8. The predicted molar refractivity (Wildman–Crippen MR) is 261 cm³/mol. The molecule has 3 saturated carbocycles. The number of aliphatic imine (C=N–C) groups is 1. The minimum atomic E-state index is -0.894. The first-order chi connectivity index (χ1) is 32.3. The van der Waals surface area contributed by atoms with Gasteiger partial charge in [-0.05, 0) is 182 Å². The highest BCUT2D eigenvalue weighted by Gasteiger charge is 2.58. The Hall–Kier alpha value is -4.45. The number of nitrogens with zero attached hydrogens (tertiary/aromatic N) is 1. The molecule has 11 nitrogen and oxygen atoms in total. The number of aliphatic hydroxyl groups excluding tert-OH is 3. The Morgan fingerprint density at radius 1 is 0.881 bits per heavy atom. The van der Waals surface area contributed by atoms with E-state index in [4.69, 9.17) is 24.9 Å². The van der Waals surface area contributed by atoms with Crippen LogP contribution in [-0.2, 0) is 19.3 Å². The van der Waals surface area contributed by atoms with Gasteiger partial charge in [0.25, 0.3) is 0 Å². The number of fused-ring (bicyclic) bond motifs is 2. The Morgan fingerprint density at radius 3 is 2.46 bits per heavy atom. The van der Waals surface area contributed by atoms with E-state index in [1.165, 1.54) is 0 Å². The summed E-state index contributed by atoms with van der Waals surface area (Å²) in [7, 11) is 1.71. The molecule has 12 bridgehead atoms. The molecule has 13 atom stereocenters. The molecule has 5 aliphatic carbocycles. The summed E-state index contributed by atoms with van der Waals surface area (Å²) in [6.45, 7) is 7.78. The van der Waals surface area contributed by atoms with Crippen molar-refractivity contribution in [1.82, 2.24) is 5.32 Å². The number of hydrogen-bond acceptors (Lipinski definition) is 11. The number of guanidine groups is 1. The third-order valence-electron chi connectivity index (χ3n) is 17.7. The number of aromatic hydroxyl groups is 2. The van der Waals surface area contributed by atoms with Crippen LogP contribution in [0.5, 0.6) is 28.7 Å². The van der Waals surface area contributed by atoms with Crippen molar-refractivity contribution in [3.8, 4) is 39.9 Å². The predicted octanol–water partition coefficient (Wildman–Crippen LogP) is 9.03. The van der Waals surface area contributed by atoms with Gasteiger partial charge in [0.2, 0.25) is 0 Å². The van der Waals surface area contributed by atoms with Crippen LogP contribution in [0.25, 0.3) is 11.1 Å². The summed E-state index contributed by atoms with van der Waals surface area (Å²) < 4.78 is 20.4. The molecule has 67 heavy (non-hydrogen) atoms. The standard InChI is InChI=1S/C56H75N3O8/c1-5-31-20-34-10-9-33(31)21-39(60)7-6-18-58-55(57)59-29-36-11-8-32-14-16-56(17-15-40(61)28-56)52(36)54(32)67-48-25-35(12-13-44(48)62)53-46(64)26-43-47(66-53)27-49(65-4)51-42-23-38(19-30(2)3)45(63)24-37(42)22-41(34)50(43)51/h9-10,12-13,23-25,27,30-34,36,39-41,46,52-54,60-64H,5-8,11,14-22,26,28-29H2,1-4H3,(H3,57,58,59)/t31-,32-,33+,34+,36-,39+,40-,41-,46+,52-,53-,54-,56-/m0/s1. The Labute approximate surface area is 397 Å². The normalized spacial score (nSPS) is 34.8. The number of phenolic OH excluding ortho intramolecular Hbond substituents is 2. The van der Waals surface area contributed by atoms with E-state index in [-0.39, 0.29) is 53.0 Å². The molecule has 3 aromatic rings. The highest BCUT2D eigenvalue weighted by atomic mass is 16.5. The molecule has 0 saturated heterocycles. The number of phenols is 2. The fraction of sp³-hybridized carbons (Fsp3) is 0.625. The summed E-state index contributed by atoms with van der Waals surface area (Å²) in [5, 5.41) is 61.1. The molecule has 8 N–H and O–H groups in total. The minimum absolute atomic E-state index is 0.0266. The van der Waals surface area contributed by atoms with Crippen molar-refractivity contribution in [2.45, 2.75) is 154 Å². The monoisotopic (exact) mass is 918 g/mol. The van der Waals surface area contributed by atoms with E-state index >= 15 is 0 Å². The lowest BCUT2D eigenvalue weighted by Gasteiger charge is -2.55. The van der Waals surface area contributed by atoms with E-state index in [1.807, 2.05) is 24.3 Å². The third kappa shape index (κ3) is 8.79. The van der Waals surface area contributed by atoms with Crippen molar-refractivity contribution in [3.63, 3.8) is 0 Å². The lowest BCUT2D eigenvalue weighted by atomic mass is 9.52. The van der Waals surface area contributed by atoms with E-state index in [0.717, 1.165) is 116 Å². The number of benzene rings is 3. The van der Waals surface area contributed by atoms with Gasteiger partial charge in [-0.3, -0.25) is 4.99 Å². The van der Waals surface area contributed by atoms with Gasteiger partial charge in [-0.2, -0.15) is 0 Å². The van der Waals surface area contributed by atoms with Crippen LogP contribution < -0.4 is 25.3 Å². The highest BCUT2D eigenvalue weighted by Crippen LogP contribution is 2.61. The number of allylic oxidation sites excluding steroid dienone is 2. The van der Waals surface area contributed by atoms with E-state index in [0.29, 0.717) is 79.1 Å². The number of ether oxygens (including phenoxy) is 3. The summed E-state index contributed by atoms with van der Waals surface area (Å²) in [5.74, 6) is 4.36. The molecule has 0 radical (unpaired) electrons. The van der Waals surface area contributed by atoms with Crippen molar-refractivity contribution >= 4 is 5.96 Å². The maximum Gasteiger partial charge on any atom is 0.188 e. The fourth-order valence-corrected chi connectivity index (χ4v) is 14.5. The van der Waals surface area contributed by atoms with E-state index in [1.54, 1.807) is 13.2 Å². The first kappa shape index (κ1) is 46.3. The van der Waals surface area contributed by atoms with Gasteiger partial charge >= 0.3 is 0 Å². The lowest BCUT2D eigenvalue weighted by molar-refractivity contribution is -0.107. The van der Waals surface area contributed by atoms with Crippen molar-refractivity contribution in [1.29, 1.82) is 0 Å². The molecule has 0 amide bonds. The van der Waals surface area contributed by atoms with E-state index in [2.05, 4.69) is 44.3 Å². The number of aliphatic hydroxyl groups is 3. The van der Waals surface area contributed by atoms with Crippen molar-refractivity contribution in [3.05, 3.63) is 76.4 Å². The summed E-state index contributed by atoms with van der Waals surface area (Å²) in [4.78, 5) is 4.92. The largest absolute Gasteiger partial charge is 0.508 e. The Kier molecular flexibility index (Phi) is 13.0. The molecule has 5 heterocycles. The van der Waals surface area contributed by atoms with Gasteiger partial charge in [-0.25, -0.2) is 0 Å². The molecule has 5 aliphatic heterocycles. The molecular weight excluding hydrogens is 843 g/mol. The van der Waals surface area contributed by atoms with Crippen LogP contribution in [0.1, 0.15) is 138 Å². The number of nitrogens with two attached hydrogens (primary N) is 1. The average Bonchev–Trinajstić information content (AvgIpc) is 3.68. The third-order valence-corrected chi connectivity index (χ3v) is 17.7. The number of rotatable bonds is 4. The SMILES string of the molecule is CC[C@H]1C[C@H]2C=C[C@@H]1C[C@H](O)CCCNC(N)=NC[C@@H]1CC[C@H]3CC[C@@]4(CC[C@H](O)C4)[C@@H]1[C@H]3Oc1cc(ccc1O)[C@@H]1Oc3cc(OC)c4c(c3C[C@H]1O)[C@H]2Cc1cc(O)c(CC(C)C)cc1-4. The van der Waals surface area contributed by atoms with Crippen LogP contribution in [0.15, 0.2) is 53.5 Å². The average molecular weight is 918 g/mol. The number of nitrogens with one attached hydrogen (secondary N) is 1. The van der Waals surface area contributed by atoms with Gasteiger partial charge in [0, 0.05) is 42.6 Å². The second kappa shape index (κ2) is 18.8. The van der Waals surface area contributed by atoms with Crippen LogP contribution in [0.4, 0.5) is 0 Å². The highest BCUT2D eigenvalue weighted by molar-refractivity contribution is 5.84. The second-order valence-electron chi connectivity index (χ2n) is 22.2. The van der Waals surface area contributed by atoms with Crippen molar-refractivity contribution in [2.24, 2.45) is 57.6 Å². The number of hydrogen-bond donors (Lipinski definition) is 7. The summed E-state index contributed by atoms with van der Waals surface area (Å²) >= 11 is 0. The van der Waals surface area contributed by atoms with Crippen molar-refractivity contribution < 1.29 is 39.7 Å². The molecular formula is C56H75N3O8. The molecule has 3 fully saturated rings. The Balaban J connectivity index is 1.07. The lowest BCUT2D eigenvalue weighted by Crippen LogP contribution is -2.55. The van der Waals surface area contributed by atoms with Gasteiger partial charge in [-0.1, -0.05) is 45.4 Å². The zero-order valence-electron chi connectivity index (χ0n) is 40.1. The number of methoxy groups -OCH3 is 1. The minimum Gasteiger partial charge on any atom is -0.508 e. The molecule has 3 aromatic carbocycles. The zero-order valence-corrected chi connectivity index (χ0v) is 40.1. The summed E-state index contributed by atoms with van der Waals surface area (Å²) in [6, 6.07) is 11.5. The molecule has 0 unspecified atom stereocenters. The summed E-state index contributed by atoms with van der Waals surface area (Å²) in [5.41, 5.74) is 13.4. The van der Waals surface area contributed by atoms with Gasteiger partial charge in [0.15, 0.2) is 17.5 Å². The molecule has 11 heteroatoms. The van der Waals surface area contributed by atoms with Crippen LogP contribution in [0.2, 0.25) is 0 Å². The molecule has 362 valence electrons. The van der Waals surface area contributed by atoms with Crippen LogP contribution >= 0.6 is 0 Å². The first-order valence-corrected chi connectivity index (χ1v) is 25.8. The smallest absolute Gasteiger partial charge is 0.188 e. The zero-order chi connectivity index (χ0) is 46.7. The fourth-order valence-electron chi connectivity index (χ4n) is 14.5. The van der Waals surface area contributed by atoms with Crippen molar-refractivity contribution in [2.75, 3.05) is 20.2 Å². The van der Waals surface area contributed by atoms with Crippen LogP contribution in [0.3, 0.4) is 0 Å². The molecule has 10 aliphatic rings.